The van der Waals surface area contributed by atoms with Crippen molar-refractivity contribution in [2.24, 2.45) is 0 Å². The number of aromatic nitrogens is 2. The topological polar surface area (TPSA) is 96.1 Å². The van der Waals surface area contributed by atoms with Crippen LogP contribution >= 0.6 is 23.2 Å². The highest BCUT2D eigenvalue weighted by Crippen LogP contribution is 2.28. The minimum absolute atomic E-state index is 0.0238. The number of carbonyl (C=O) groups is 2. The number of esters is 1. The number of ether oxygens (including phenoxy) is 1. The summed E-state index contributed by atoms with van der Waals surface area (Å²) in [7, 11) is 1.26. The fourth-order valence-electron chi connectivity index (χ4n) is 3.00. The highest BCUT2D eigenvalue weighted by Gasteiger charge is 2.20. The lowest BCUT2D eigenvalue weighted by Crippen LogP contribution is -2.31. The molecule has 146 valence electrons. The van der Waals surface area contributed by atoms with Crippen LogP contribution in [-0.4, -0.2) is 29.0 Å². The molecule has 2 heterocycles. The van der Waals surface area contributed by atoms with Gasteiger partial charge in [0.2, 0.25) is 0 Å². The Hall–Kier alpha value is -3.29. The standard InChI is InChI=1S/C20H14Cl2N4O3/c1-29-20(28)16-9-12-11-4-2-3-5-14(11)23-17(12)18(24-16)19(27)26-25-15-8-10(21)6-7-13(15)22/h2-9,23,25H,1H3,(H,26,27). The van der Waals surface area contributed by atoms with Gasteiger partial charge in [-0.2, -0.15) is 0 Å². The lowest BCUT2D eigenvalue weighted by molar-refractivity contribution is 0.0594. The minimum Gasteiger partial charge on any atom is -0.464 e. The van der Waals surface area contributed by atoms with Gasteiger partial charge in [-0.25, -0.2) is 9.78 Å². The van der Waals surface area contributed by atoms with Gasteiger partial charge in [0.15, 0.2) is 5.69 Å². The number of hydrogen-bond acceptors (Lipinski definition) is 5. The number of hydrogen-bond donors (Lipinski definition) is 3. The number of amides is 1. The van der Waals surface area contributed by atoms with Gasteiger partial charge in [0.05, 0.1) is 23.3 Å². The molecule has 9 heteroatoms. The van der Waals surface area contributed by atoms with Gasteiger partial charge in [0.25, 0.3) is 5.91 Å². The predicted molar refractivity (Wildman–Crippen MR) is 112 cm³/mol. The number of methoxy groups -OCH3 is 1. The molecule has 0 radical (unpaired) electrons. The molecule has 0 bridgehead atoms. The summed E-state index contributed by atoms with van der Waals surface area (Å²) >= 11 is 12.1. The molecule has 4 rings (SSSR count). The number of nitrogens with zero attached hydrogens (tertiary/aromatic N) is 1. The van der Waals surface area contributed by atoms with Gasteiger partial charge in [-0.3, -0.25) is 15.6 Å². The molecule has 0 saturated carbocycles. The quantitative estimate of drug-likeness (QED) is 0.326. The van der Waals surface area contributed by atoms with E-state index >= 15 is 0 Å². The molecule has 2 aromatic heterocycles. The van der Waals surface area contributed by atoms with Crippen molar-refractivity contribution < 1.29 is 14.3 Å². The van der Waals surface area contributed by atoms with E-state index in [-0.39, 0.29) is 11.4 Å². The van der Waals surface area contributed by atoms with Crippen molar-refractivity contribution >= 4 is 62.6 Å². The maximum Gasteiger partial charge on any atom is 0.356 e. The third-order valence-electron chi connectivity index (χ3n) is 4.35. The molecule has 2 aromatic carbocycles. The van der Waals surface area contributed by atoms with Crippen LogP contribution in [0.25, 0.3) is 21.8 Å². The van der Waals surface area contributed by atoms with E-state index in [1.165, 1.54) is 7.11 Å². The van der Waals surface area contributed by atoms with Crippen molar-refractivity contribution in [2.45, 2.75) is 0 Å². The number of carbonyl (C=O) groups excluding carboxylic acids is 2. The van der Waals surface area contributed by atoms with E-state index < -0.39 is 11.9 Å². The Morgan fingerprint density at radius 2 is 1.86 bits per heavy atom. The molecule has 0 aliphatic rings. The lowest BCUT2D eigenvalue weighted by Gasteiger charge is -2.11. The molecule has 0 atom stereocenters. The summed E-state index contributed by atoms with van der Waals surface area (Å²) in [5.74, 6) is -1.21. The summed E-state index contributed by atoms with van der Waals surface area (Å²) < 4.78 is 4.78. The second-order valence-electron chi connectivity index (χ2n) is 6.14. The number of pyridine rings is 1. The molecule has 7 nitrogen and oxygen atoms in total. The van der Waals surface area contributed by atoms with E-state index in [1.807, 2.05) is 24.3 Å². The minimum atomic E-state index is -0.642. The van der Waals surface area contributed by atoms with Crippen molar-refractivity contribution in [3.8, 4) is 0 Å². The molecule has 0 spiro atoms. The van der Waals surface area contributed by atoms with Crippen LogP contribution < -0.4 is 10.9 Å². The van der Waals surface area contributed by atoms with Gasteiger partial charge in [-0.15, -0.1) is 0 Å². The van der Waals surface area contributed by atoms with Crippen LogP contribution in [0.1, 0.15) is 21.0 Å². The number of benzene rings is 2. The third-order valence-corrected chi connectivity index (χ3v) is 4.91. The normalized spacial score (nSPS) is 10.9. The van der Waals surface area contributed by atoms with E-state index in [1.54, 1.807) is 24.3 Å². The van der Waals surface area contributed by atoms with Crippen LogP contribution in [0.2, 0.25) is 10.0 Å². The third kappa shape index (κ3) is 3.57. The second kappa shape index (κ2) is 7.62. The van der Waals surface area contributed by atoms with Gasteiger partial charge in [0, 0.05) is 21.3 Å². The van der Waals surface area contributed by atoms with Crippen molar-refractivity contribution in [1.29, 1.82) is 0 Å². The van der Waals surface area contributed by atoms with Crippen molar-refractivity contribution in [3.63, 3.8) is 0 Å². The largest absolute Gasteiger partial charge is 0.464 e. The molecule has 3 N–H and O–H groups in total. The fraction of sp³-hybridized carbons (Fsp3) is 0.0500. The molecular formula is C20H14Cl2N4O3. The Morgan fingerprint density at radius 3 is 2.66 bits per heavy atom. The smallest absolute Gasteiger partial charge is 0.356 e. The number of aromatic amines is 1. The zero-order valence-corrected chi connectivity index (χ0v) is 16.6. The summed E-state index contributed by atoms with van der Waals surface area (Å²) in [5, 5.41) is 2.37. The molecule has 1 amide bonds. The summed E-state index contributed by atoms with van der Waals surface area (Å²) in [6.07, 6.45) is 0. The zero-order chi connectivity index (χ0) is 20.5. The van der Waals surface area contributed by atoms with Gasteiger partial charge < -0.3 is 9.72 Å². The van der Waals surface area contributed by atoms with Crippen LogP contribution in [0.3, 0.4) is 0 Å². The molecule has 0 fully saturated rings. The van der Waals surface area contributed by atoms with E-state index in [0.717, 1.165) is 10.9 Å². The first-order valence-electron chi connectivity index (χ1n) is 8.49. The number of hydrazine groups is 1. The van der Waals surface area contributed by atoms with Gasteiger partial charge >= 0.3 is 5.97 Å². The Morgan fingerprint density at radius 1 is 1.07 bits per heavy atom. The molecule has 4 aromatic rings. The SMILES string of the molecule is COC(=O)c1cc2c([nH]c3ccccc32)c(C(=O)NNc2cc(Cl)ccc2Cl)n1. The zero-order valence-electron chi connectivity index (χ0n) is 15.0. The lowest BCUT2D eigenvalue weighted by atomic mass is 10.1. The fourth-order valence-corrected chi connectivity index (χ4v) is 3.33. The van der Waals surface area contributed by atoms with Crippen LogP contribution in [0.15, 0.2) is 48.5 Å². The maximum atomic E-state index is 12.9. The van der Waals surface area contributed by atoms with Gasteiger partial charge in [-0.1, -0.05) is 41.4 Å². The van der Waals surface area contributed by atoms with Gasteiger partial charge in [-0.05, 0) is 30.3 Å². The first-order chi connectivity index (χ1) is 14.0. The Bertz CT molecular complexity index is 1270. The monoisotopic (exact) mass is 428 g/mol. The summed E-state index contributed by atoms with van der Waals surface area (Å²) in [5.41, 5.74) is 7.05. The molecular weight excluding hydrogens is 415 g/mol. The average Bonchev–Trinajstić information content (AvgIpc) is 3.11. The highest BCUT2D eigenvalue weighted by molar-refractivity contribution is 6.35. The van der Waals surface area contributed by atoms with E-state index in [2.05, 4.69) is 20.8 Å². The molecule has 29 heavy (non-hydrogen) atoms. The Kier molecular flexibility index (Phi) is 5.00. The highest BCUT2D eigenvalue weighted by atomic mass is 35.5. The molecule has 0 saturated heterocycles. The predicted octanol–water partition coefficient (Wildman–Crippen LogP) is 4.57. The number of nitrogens with one attached hydrogen (secondary N) is 3. The average molecular weight is 429 g/mol. The number of para-hydroxylation sites is 1. The number of rotatable bonds is 4. The number of H-pyrrole nitrogens is 1. The molecule has 0 aliphatic heterocycles. The number of halogens is 2. The second-order valence-corrected chi connectivity index (χ2v) is 6.99. The maximum absolute atomic E-state index is 12.9. The number of anilines is 1. The Balaban J connectivity index is 1.77. The first kappa shape index (κ1) is 19.0. The van der Waals surface area contributed by atoms with Crippen LogP contribution in [0.4, 0.5) is 5.69 Å². The van der Waals surface area contributed by atoms with E-state index in [4.69, 9.17) is 27.9 Å². The van der Waals surface area contributed by atoms with Crippen molar-refractivity contribution in [3.05, 3.63) is 70.0 Å². The Labute approximate surface area is 174 Å². The summed E-state index contributed by atoms with van der Waals surface area (Å²) in [6, 6.07) is 13.9. The van der Waals surface area contributed by atoms with Crippen molar-refractivity contribution in [2.75, 3.05) is 12.5 Å². The summed E-state index contributed by atoms with van der Waals surface area (Å²) in [6.45, 7) is 0. The van der Waals surface area contributed by atoms with Crippen LogP contribution in [0.5, 0.6) is 0 Å². The van der Waals surface area contributed by atoms with Crippen LogP contribution in [0, 0.1) is 0 Å². The molecule has 0 aliphatic carbocycles. The van der Waals surface area contributed by atoms with E-state index in [9.17, 15) is 9.59 Å². The molecule has 0 unspecified atom stereocenters. The van der Waals surface area contributed by atoms with Crippen molar-refractivity contribution in [1.82, 2.24) is 15.4 Å². The number of fused-ring (bicyclic) bond motifs is 3. The van der Waals surface area contributed by atoms with Gasteiger partial charge in [0.1, 0.15) is 5.69 Å². The first-order valence-corrected chi connectivity index (χ1v) is 9.24. The summed E-state index contributed by atoms with van der Waals surface area (Å²) in [4.78, 5) is 32.3. The van der Waals surface area contributed by atoms with E-state index in [0.29, 0.717) is 26.6 Å². The van der Waals surface area contributed by atoms with Crippen LogP contribution in [-0.2, 0) is 4.74 Å².